The van der Waals surface area contributed by atoms with Gasteiger partial charge >= 0.3 is 12.0 Å². The Labute approximate surface area is 158 Å². The van der Waals surface area contributed by atoms with Gasteiger partial charge in [-0.05, 0) is 53.3 Å². The van der Waals surface area contributed by atoms with Crippen molar-refractivity contribution in [2.24, 2.45) is 0 Å². The number of carbonyl (C=O) groups is 3. The van der Waals surface area contributed by atoms with E-state index >= 15 is 0 Å². The highest BCUT2D eigenvalue weighted by Gasteiger charge is 2.35. The lowest BCUT2D eigenvalue weighted by molar-refractivity contribution is -0.143. The molecule has 3 amide bonds. The molecule has 0 unspecified atom stereocenters. The minimum Gasteiger partial charge on any atom is -0.493 e. The molecule has 1 aliphatic rings. The summed E-state index contributed by atoms with van der Waals surface area (Å²) < 4.78 is 16.1. The molecule has 0 spiro atoms. The van der Waals surface area contributed by atoms with Gasteiger partial charge in [-0.15, -0.1) is 0 Å². The number of ether oxygens (including phenoxy) is 3. The van der Waals surface area contributed by atoms with Crippen molar-refractivity contribution in [2.45, 2.75) is 6.92 Å². The van der Waals surface area contributed by atoms with Crippen molar-refractivity contribution in [3.63, 3.8) is 0 Å². The number of halogens is 1. The van der Waals surface area contributed by atoms with Gasteiger partial charge in [-0.2, -0.15) is 0 Å². The number of hydrogen-bond acceptors (Lipinski definition) is 6. The molecule has 0 atom stereocenters. The second kappa shape index (κ2) is 8.19. The molecule has 0 aromatic heterocycles. The molecule has 25 heavy (non-hydrogen) atoms. The van der Waals surface area contributed by atoms with E-state index in [2.05, 4.69) is 32.6 Å². The van der Waals surface area contributed by atoms with E-state index < -0.39 is 24.5 Å². The maximum absolute atomic E-state index is 12.3. The van der Waals surface area contributed by atoms with Crippen LogP contribution in [0.15, 0.2) is 17.8 Å². The largest absolute Gasteiger partial charge is 0.493 e. The van der Waals surface area contributed by atoms with Gasteiger partial charge in [0.05, 0.1) is 24.4 Å². The highest BCUT2D eigenvalue weighted by Crippen LogP contribution is 2.34. The third-order valence-electron chi connectivity index (χ3n) is 3.33. The SMILES string of the molecule is CCOc1c(I)cc(C=C2NC(=O)N(CC(=O)OC)C2=O)cc1OC. The van der Waals surface area contributed by atoms with Gasteiger partial charge < -0.3 is 19.5 Å². The van der Waals surface area contributed by atoms with Crippen LogP contribution in [0.1, 0.15) is 12.5 Å². The van der Waals surface area contributed by atoms with Crippen molar-refractivity contribution in [1.29, 1.82) is 0 Å². The van der Waals surface area contributed by atoms with Crippen molar-refractivity contribution in [3.05, 3.63) is 27.0 Å². The van der Waals surface area contributed by atoms with Crippen LogP contribution in [0.25, 0.3) is 6.08 Å². The number of carbonyl (C=O) groups excluding carboxylic acids is 3. The molecule has 1 aromatic carbocycles. The smallest absolute Gasteiger partial charge is 0.329 e. The van der Waals surface area contributed by atoms with Gasteiger partial charge in [-0.25, -0.2) is 9.69 Å². The van der Waals surface area contributed by atoms with Crippen LogP contribution < -0.4 is 14.8 Å². The Morgan fingerprint density at radius 3 is 2.64 bits per heavy atom. The van der Waals surface area contributed by atoms with Gasteiger partial charge in [0, 0.05) is 0 Å². The van der Waals surface area contributed by atoms with Crippen LogP contribution >= 0.6 is 22.6 Å². The number of rotatable bonds is 6. The molecular formula is C16H17IN2O6. The summed E-state index contributed by atoms with van der Waals surface area (Å²) in [6.07, 6.45) is 1.51. The normalized spacial score (nSPS) is 15.4. The fraction of sp³-hybridized carbons (Fsp3) is 0.312. The molecule has 1 aliphatic heterocycles. The second-order valence-corrected chi connectivity index (χ2v) is 6.08. The number of esters is 1. The number of amides is 3. The van der Waals surface area contributed by atoms with E-state index in [4.69, 9.17) is 9.47 Å². The van der Waals surface area contributed by atoms with Gasteiger partial charge in [0.25, 0.3) is 5.91 Å². The Bertz CT molecular complexity index is 746. The van der Waals surface area contributed by atoms with Crippen LogP contribution in [-0.4, -0.2) is 50.2 Å². The molecule has 0 saturated carbocycles. The van der Waals surface area contributed by atoms with Crippen molar-refractivity contribution < 1.29 is 28.6 Å². The molecule has 1 heterocycles. The Hall–Kier alpha value is -2.30. The Balaban J connectivity index is 2.31. The fourth-order valence-corrected chi connectivity index (χ4v) is 2.96. The number of hydrogen-bond donors (Lipinski definition) is 1. The molecule has 1 aromatic rings. The topological polar surface area (TPSA) is 94.2 Å². The third kappa shape index (κ3) is 4.21. The van der Waals surface area contributed by atoms with E-state index in [1.54, 1.807) is 12.1 Å². The zero-order valence-corrected chi connectivity index (χ0v) is 16.1. The zero-order valence-electron chi connectivity index (χ0n) is 13.9. The quantitative estimate of drug-likeness (QED) is 0.301. The first kappa shape index (κ1) is 19.0. The van der Waals surface area contributed by atoms with Crippen molar-refractivity contribution in [2.75, 3.05) is 27.4 Å². The first-order chi connectivity index (χ1) is 11.9. The van der Waals surface area contributed by atoms with E-state index in [0.29, 0.717) is 23.7 Å². The van der Waals surface area contributed by atoms with Gasteiger partial charge in [0.2, 0.25) is 0 Å². The summed E-state index contributed by atoms with van der Waals surface area (Å²) in [6, 6.07) is 2.82. The summed E-state index contributed by atoms with van der Waals surface area (Å²) in [5, 5.41) is 2.44. The summed E-state index contributed by atoms with van der Waals surface area (Å²) in [5.74, 6) is -0.147. The van der Waals surface area contributed by atoms with Gasteiger partial charge in [-0.3, -0.25) is 9.59 Å². The Morgan fingerprint density at radius 1 is 1.32 bits per heavy atom. The number of methoxy groups -OCH3 is 2. The molecule has 134 valence electrons. The predicted molar refractivity (Wildman–Crippen MR) is 97.1 cm³/mol. The van der Waals surface area contributed by atoms with Crippen LogP contribution in [0.4, 0.5) is 4.79 Å². The van der Waals surface area contributed by atoms with Gasteiger partial charge in [-0.1, -0.05) is 0 Å². The average molecular weight is 460 g/mol. The Morgan fingerprint density at radius 2 is 2.04 bits per heavy atom. The molecule has 1 saturated heterocycles. The highest BCUT2D eigenvalue weighted by atomic mass is 127. The minimum atomic E-state index is -0.679. The third-order valence-corrected chi connectivity index (χ3v) is 4.13. The molecule has 0 bridgehead atoms. The van der Waals surface area contributed by atoms with Gasteiger partial charge in [0.1, 0.15) is 12.2 Å². The molecule has 0 aliphatic carbocycles. The van der Waals surface area contributed by atoms with Gasteiger partial charge in [0.15, 0.2) is 11.5 Å². The monoisotopic (exact) mass is 460 g/mol. The highest BCUT2D eigenvalue weighted by molar-refractivity contribution is 14.1. The summed E-state index contributed by atoms with van der Waals surface area (Å²) >= 11 is 2.10. The minimum absolute atomic E-state index is 0.0657. The van der Waals surface area contributed by atoms with Crippen molar-refractivity contribution in [1.82, 2.24) is 10.2 Å². The second-order valence-electron chi connectivity index (χ2n) is 4.92. The molecule has 2 rings (SSSR count). The van der Waals surface area contributed by atoms with E-state index in [1.165, 1.54) is 20.3 Å². The Kier molecular flexibility index (Phi) is 6.23. The van der Waals surface area contributed by atoms with E-state index in [9.17, 15) is 14.4 Å². The molecular weight excluding hydrogens is 443 g/mol. The summed E-state index contributed by atoms with van der Waals surface area (Å²) in [7, 11) is 2.71. The van der Waals surface area contributed by atoms with E-state index in [-0.39, 0.29) is 5.70 Å². The average Bonchev–Trinajstić information content (AvgIpc) is 2.84. The summed E-state index contributed by atoms with van der Waals surface area (Å²) in [6.45, 7) is 1.92. The molecule has 1 fully saturated rings. The standard InChI is InChI=1S/C16H17IN2O6/c1-4-25-14-10(17)5-9(7-12(14)23-2)6-11-15(21)19(16(22)18-11)8-13(20)24-3/h5-7H,4,8H2,1-3H3,(H,18,22). The molecule has 1 N–H and O–H groups in total. The lowest BCUT2D eigenvalue weighted by atomic mass is 10.1. The summed E-state index contributed by atoms with van der Waals surface area (Å²) in [4.78, 5) is 36.2. The maximum Gasteiger partial charge on any atom is 0.329 e. The fourth-order valence-electron chi connectivity index (χ4n) is 2.18. The zero-order chi connectivity index (χ0) is 18.6. The number of imide groups is 1. The first-order valence-electron chi connectivity index (χ1n) is 7.33. The summed E-state index contributed by atoms with van der Waals surface area (Å²) in [5.41, 5.74) is 0.712. The molecule has 8 nitrogen and oxygen atoms in total. The number of urea groups is 1. The molecule has 0 radical (unpaired) electrons. The first-order valence-corrected chi connectivity index (χ1v) is 8.40. The number of nitrogens with zero attached hydrogens (tertiary/aromatic N) is 1. The maximum atomic E-state index is 12.3. The van der Waals surface area contributed by atoms with Crippen LogP contribution in [-0.2, 0) is 14.3 Å². The van der Waals surface area contributed by atoms with Crippen LogP contribution in [0.3, 0.4) is 0 Å². The van der Waals surface area contributed by atoms with Crippen LogP contribution in [0.2, 0.25) is 0 Å². The van der Waals surface area contributed by atoms with Crippen molar-refractivity contribution in [3.8, 4) is 11.5 Å². The van der Waals surface area contributed by atoms with E-state index in [0.717, 1.165) is 8.47 Å². The lowest BCUT2D eigenvalue weighted by Gasteiger charge is -2.12. The number of nitrogens with one attached hydrogen (secondary N) is 1. The molecule has 9 heteroatoms. The van der Waals surface area contributed by atoms with E-state index in [1.807, 2.05) is 6.92 Å². The van der Waals surface area contributed by atoms with Crippen LogP contribution in [0.5, 0.6) is 11.5 Å². The van der Waals surface area contributed by atoms with Crippen LogP contribution in [0, 0.1) is 3.57 Å². The predicted octanol–water partition coefficient (Wildman–Crippen LogP) is 1.76. The van der Waals surface area contributed by atoms with Crippen molar-refractivity contribution >= 4 is 46.6 Å². The lowest BCUT2D eigenvalue weighted by Crippen LogP contribution is -2.36. The number of benzene rings is 1.